The van der Waals surface area contributed by atoms with Crippen LogP contribution in [-0.2, 0) is 21.7 Å². The smallest absolute Gasteiger partial charge is 0.325 e. The predicted octanol–water partition coefficient (Wildman–Crippen LogP) is 1.97. The molecular weight excluding hydrogens is 408 g/mol. The number of carbonyl (C=O) groups excluding carboxylic acids is 4. The number of hydrogen-bond donors (Lipinski definition) is 3. The number of imide groups is 1. The molecule has 2 aromatic rings. The van der Waals surface area contributed by atoms with Gasteiger partial charge in [-0.1, -0.05) is 42.0 Å². The van der Waals surface area contributed by atoms with Gasteiger partial charge < -0.3 is 16.0 Å². The van der Waals surface area contributed by atoms with Gasteiger partial charge in [-0.25, -0.2) is 4.79 Å². The number of hydrogen-bond acceptors (Lipinski definition) is 4. The van der Waals surface area contributed by atoms with Crippen molar-refractivity contribution in [1.82, 2.24) is 20.9 Å². The molecule has 1 heterocycles. The SMILES string of the molecule is Cc1ccc(C2(C)NC(=O)N(CC(=O)NCc3ccc(C(=O)NC4CC4)cc3)C2=O)cc1. The Morgan fingerprint density at radius 2 is 1.72 bits per heavy atom. The first-order valence-electron chi connectivity index (χ1n) is 10.6. The van der Waals surface area contributed by atoms with Crippen LogP contribution in [0, 0.1) is 6.92 Å². The lowest BCUT2D eigenvalue weighted by atomic mass is 9.91. The van der Waals surface area contributed by atoms with Crippen LogP contribution >= 0.6 is 0 Å². The maximum atomic E-state index is 12.9. The molecule has 1 atom stereocenters. The molecule has 1 unspecified atom stereocenters. The number of nitrogens with zero attached hydrogens (tertiary/aromatic N) is 1. The van der Waals surface area contributed by atoms with Crippen molar-refractivity contribution in [3.8, 4) is 0 Å². The Morgan fingerprint density at radius 3 is 2.34 bits per heavy atom. The fraction of sp³-hybridized carbons (Fsp3) is 0.333. The van der Waals surface area contributed by atoms with Gasteiger partial charge in [0.25, 0.3) is 11.8 Å². The molecule has 4 rings (SSSR count). The van der Waals surface area contributed by atoms with Crippen molar-refractivity contribution in [3.05, 3.63) is 70.8 Å². The average Bonchev–Trinajstić information content (AvgIpc) is 3.56. The predicted molar refractivity (Wildman–Crippen MR) is 118 cm³/mol. The Balaban J connectivity index is 1.32. The van der Waals surface area contributed by atoms with E-state index in [4.69, 9.17) is 0 Å². The summed E-state index contributed by atoms with van der Waals surface area (Å²) in [6.07, 6.45) is 2.05. The van der Waals surface area contributed by atoms with Crippen LogP contribution in [0.4, 0.5) is 4.79 Å². The normalized spacial score (nSPS) is 20.1. The standard InChI is InChI=1S/C24H26N4O4/c1-15-3-9-18(10-4-15)24(2)22(31)28(23(32)27-24)14-20(29)25-13-16-5-7-17(8-6-16)21(30)26-19-11-12-19/h3-10,19H,11-14H2,1-2H3,(H,25,29)(H,26,30)(H,27,32). The summed E-state index contributed by atoms with van der Waals surface area (Å²) in [5, 5.41) is 8.34. The van der Waals surface area contributed by atoms with Gasteiger partial charge >= 0.3 is 6.03 Å². The molecular formula is C24H26N4O4. The molecule has 32 heavy (non-hydrogen) atoms. The molecule has 0 spiro atoms. The third-order valence-corrected chi connectivity index (χ3v) is 5.82. The highest BCUT2D eigenvalue weighted by Gasteiger charge is 2.49. The first-order valence-corrected chi connectivity index (χ1v) is 10.6. The monoisotopic (exact) mass is 434 g/mol. The molecule has 5 amide bonds. The minimum atomic E-state index is -1.21. The molecule has 1 aliphatic heterocycles. The lowest BCUT2D eigenvalue weighted by Gasteiger charge is -2.22. The fourth-order valence-corrected chi connectivity index (χ4v) is 3.59. The van der Waals surface area contributed by atoms with E-state index >= 15 is 0 Å². The van der Waals surface area contributed by atoms with E-state index in [1.165, 1.54) is 0 Å². The average molecular weight is 434 g/mol. The summed E-state index contributed by atoms with van der Waals surface area (Å²) in [4.78, 5) is 50.7. The van der Waals surface area contributed by atoms with Gasteiger partial charge in [0.15, 0.2) is 0 Å². The summed E-state index contributed by atoms with van der Waals surface area (Å²) in [5.74, 6) is -1.01. The van der Waals surface area contributed by atoms with E-state index in [0.29, 0.717) is 17.2 Å². The molecule has 8 nitrogen and oxygen atoms in total. The van der Waals surface area contributed by atoms with Crippen molar-refractivity contribution in [2.24, 2.45) is 0 Å². The van der Waals surface area contributed by atoms with Crippen LogP contribution in [0.1, 0.15) is 46.8 Å². The Hall–Kier alpha value is -3.68. The molecule has 8 heteroatoms. The van der Waals surface area contributed by atoms with Gasteiger partial charge in [-0.3, -0.25) is 19.3 Å². The zero-order valence-electron chi connectivity index (χ0n) is 18.1. The van der Waals surface area contributed by atoms with Gasteiger partial charge in [0.05, 0.1) is 0 Å². The van der Waals surface area contributed by atoms with Gasteiger partial charge in [0.2, 0.25) is 5.91 Å². The summed E-state index contributed by atoms with van der Waals surface area (Å²) < 4.78 is 0. The van der Waals surface area contributed by atoms with Gasteiger partial charge in [-0.15, -0.1) is 0 Å². The third-order valence-electron chi connectivity index (χ3n) is 5.82. The minimum Gasteiger partial charge on any atom is -0.350 e. The summed E-state index contributed by atoms with van der Waals surface area (Å²) in [7, 11) is 0. The van der Waals surface area contributed by atoms with Crippen LogP contribution < -0.4 is 16.0 Å². The van der Waals surface area contributed by atoms with E-state index in [-0.39, 0.29) is 19.0 Å². The molecule has 2 aromatic carbocycles. The van der Waals surface area contributed by atoms with E-state index in [1.54, 1.807) is 43.3 Å². The van der Waals surface area contributed by atoms with Crippen molar-refractivity contribution in [3.63, 3.8) is 0 Å². The van der Waals surface area contributed by atoms with Crippen LogP contribution in [0.2, 0.25) is 0 Å². The van der Waals surface area contributed by atoms with Crippen molar-refractivity contribution in [2.45, 2.75) is 44.8 Å². The Labute approximate surface area is 186 Å². The highest BCUT2D eigenvalue weighted by Crippen LogP contribution is 2.28. The maximum Gasteiger partial charge on any atom is 0.325 e. The van der Waals surface area contributed by atoms with E-state index in [0.717, 1.165) is 28.9 Å². The topological polar surface area (TPSA) is 108 Å². The van der Waals surface area contributed by atoms with E-state index < -0.39 is 23.4 Å². The Kier molecular flexibility index (Phi) is 5.69. The van der Waals surface area contributed by atoms with Crippen molar-refractivity contribution in [1.29, 1.82) is 0 Å². The summed E-state index contributed by atoms with van der Waals surface area (Å²) >= 11 is 0. The molecule has 0 radical (unpaired) electrons. The second-order valence-electron chi connectivity index (χ2n) is 8.53. The molecule has 1 aliphatic carbocycles. The number of aryl methyl sites for hydroxylation is 1. The molecule has 0 aromatic heterocycles. The van der Waals surface area contributed by atoms with E-state index in [1.807, 2.05) is 19.1 Å². The third kappa shape index (κ3) is 4.49. The van der Waals surface area contributed by atoms with Gasteiger partial charge in [0.1, 0.15) is 12.1 Å². The van der Waals surface area contributed by atoms with Crippen LogP contribution in [-0.4, -0.2) is 41.2 Å². The van der Waals surface area contributed by atoms with Crippen molar-refractivity contribution < 1.29 is 19.2 Å². The minimum absolute atomic E-state index is 0.0988. The largest absolute Gasteiger partial charge is 0.350 e. The van der Waals surface area contributed by atoms with Gasteiger partial charge in [-0.2, -0.15) is 0 Å². The zero-order chi connectivity index (χ0) is 22.9. The molecule has 166 valence electrons. The Morgan fingerprint density at radius 1 is 1.06 bits per heavy atom. The Bertz CT molecular complexity index is 1060. The lowest BCUT2D eigenvalue weighted by Crippen LogP contribution is -2.43. The zero-order valence-corrected chi connectivity index (χ0v) is 18.1. The van der Waals surface area contributed by atoms with Crippen molar-refractivity contribution >= 4 is 23.8 Å². The van der Waals surface area contributed by atoms with Crippen LogP contribution in [0.3, 0.4) is 0 Å². The van der Waals surface area contributed by atoms with Crippen LogP contribution in [0.25, 0.3) is 0 Å². The number of benzene rings is 2. The number of rotatable bonds is 7. The molecule has 0 bridgehead atoms. The first-order chi connectivity index (χ1) is 15.3. The number of urea groups is 1. The summed E-state index contributed by atoms with van der Waals surface area (Å²) in [5.41, 5.74) is 1.88. The molecule has 1 saturated heterocycles. The number of amides is 5. The van der Waals surface area contributed by atoms with E-state index in [9.17, 15) is 19.2 Å². The highest BCUT2D eigenvalue weighted by molar-refractivity contribution is 6.09. The number of nitrogens with one attached hydrogen (secondary N) is 3. The van der Waals surface area contributed by atoms with Gasteiger partial charge in [0, 0.05) is 18.2 Å². The van der Waals surface area contributed by atoms with Crippen molar-refractivity contribution in [2.75, 3.05) is 6.54 Å². The highest BCUT2D eigenvalue weighted by atomic mass is 16.2. The second kappa shape index (κ2) is 8.45. The molecule has 2 aliphatic rings. The molecule has 2 fully saturated rings. The summed E-state index contributed by atoms with van der Waals surface area (Å²) in [6, 6.07) is 14.0. The molecule has 1 saturated carbocycles. The van der Waals surface area contributed by atoms with Gasteiger partial charge in [-0.05, 0) is 49.9 Å². The fourth-order valence-electron chi connectivity index (χ4n) is 3.59. The maximum absolute atomic E-state index is 12.9. The second-order valence-corrected chi connectivity index (χ2v) is 8.53. The summed E-state index contributed by atoms with van der Waals surface area (Å²) in [6.45, 7) is 3.43. The first kappa shape index (κ1) is 21.5. The quantitative estimate of drug-likeness (QED) is 0.579. The lowest BCUT2D eigenvalue weighted by molar-refractivity contribution is -0.134. The molecule has 3 N–H and O–H groups in total. The van der Waals surface area contributed by atoms with E-state index in [2.05, 4.69) is 16.0 Å². The van der Waals surface area contributed by atoms with Crippen LogP contribution in [0.15, 0.2) is 48.5 Å². The number of carbonyl (C=O) groups is 4. The van der Waals surface area contributed by atoms with Crippen LogP contribution in [0.5, 0.6) is 0 Å².